The molecule has 1 aromatic rings. The van der Waals surface area contributed by atoms with Crippen molar-refractivity contribution >= 4 is 11.3 Å². The predicted molar refractivity (Wildman–Crippen MR) is 44.5 cm³/mol. The first kappa shape index (κ1) is 8.62. The van der Waals surface area contributed by atoms with Crippen LogP contribution in [0, 0.1) is 5.92 Å². The van der Waals surface area contributed by atoms with Gasteiger partial charge in [0.1, 0.15) is 10.5 Å². The van der Waals surface area contributed by atoms with E-state index in [0.29, 0.717) is 12.3 Å². The normalized spacial score (nSPS) is 13.8. The van der Waals surface area contributed by atoms with E-state index in [9.17, 15) is 5.11 Å². The van der Waals surface area contributed by atoms with Gasteiger partial charge < -0.3 is 5.11 Å². The van der Waals surface area contributed by atoms with Crippen LogP contribution in [0.15, 0.2) is 5.51 Å². The first-order valence-corrected chi connectivity index (χ1v) is 4.51. The third-order valence-corrected chi connectivity index (χ3v) is 2.28. The molecule has 0 amide bonds. The molecule has 3 nitrogen and oxygen atoms in total. The molecule has 62 valence electrons. The van der Waals surface area contributed by atoms with Gasteiger partial charge >= 0.3 is 0 Å². The van der Waals surface area contributed by atoms with Gasteiger partial charge in [-0.15, -0.1) is 21.5 Å². The minimum atomic E-state index is -0.289. The number of nitrogens with zero attached hydrogens (tertiary/aromatic N) is 2. The van der Waals surface area contributed by atoms with E-state index >= 15 is 0 Å². The first-order valence-electron chi connectivity index (χ1n) is 3.63. The van der Waals surface area contributed by atoms with Crippen LogP contribution < -0.4 is 0 Å². The van der Waals surface area contributed by atoms with Crippen molar-refractivity contribution in [3.8, 4) is 0 Å². The molecule has 0 fully saturated rings. The van der Waals surface area contributed by atoms with Crippen LogP contribution >= 0.6 is 11.3 Å². The number of aliphatic hydroxyl groups excluding tert-OH is 1. The van der Waals surface area contributed by atoms with Crippen LogP contribution in [0.5, 0.6) is 0 Å². The van der Waals surface area contributed by atoms with Crippen molar-refractivity contribution < 1.29 is 5.11 Å². The Bertz CT molecular complexity index is 198. The summed E-state index contributed by atoms with van der Waals surface area (Å²) in [4.78, 5) is 0. The Balaban J connectivity index is 2.43. The zero-order valence-electron chi connectivity index (χ0n) is 6.69. The lowest BCUT2D eigenvalue weighted by Gasteiger charge is -2.11. The van der Waals surface area contributed by atoms with Gasteiger partial charge in [0.05, 0.1) is 6.10 Å². The third kappa shape index (κ3) is 2.55. The fourth-order valence-corrected chi connectivity index (χ4v) is 1.28. The standard InChI is InChI=1S/C7H12N2OS/c1-5(2)6(10)3-7-9-8-4-11-7/h4-6,10H,3H2,1-2H3. The van der Waals surface area contributed by atoms with Gasteiger partial charge in [-0.1, -0.05) is 13.8 Å². The van der Waals surface area contributed by atoms with Gasteiger partial charge in [-0.2, -0.15) is 0 Å². The topological polar surface area (TPSA) is 46.0 Å². The number of aromatic nitrogens is 2. The molecular weight excluding hydrogens is 160 g/mol. The van der Waals surface area contributed by atoms with Crippen molar-refractivity contribution in [3.63, 3.8) is 0 Å². The summed E-state index contributed by atoms with van der Waals surface area (Å²) in [5.74, 6) is 0.291. The molecule has 0 aliphatic rings. The van der Waals surface area contributed by atoms with E-state index in [0.717, 1.165) is 5.01 Å². The van der Waals surface area contributed by atoms with Gasteiger partial charge in [-0.25, -0.2) is 0 Å². The van der Waals surface area contributed by atoms with Crippen molar-refractivity contribution in [2.45, 2.75) is 26.4 Å². The van der Waals surface area contributed by atoms with Gasteiger partial charge in [-0.05, 0) is 5.92 Å². The quantitative estimate of drug-likeness (QED) is 0.742. The molecule has 1 N–H and O–H groups in total. The molecule has 1 aromatic heterocycles. The molecule has 0 bridgehead atoms. The summed E-state index contributed by atoms with van der Waals surface area (Å²) in [6.07, 6.45) is 0.338. The van der Waals surface area contributed by atoms with E-state index in [1.807, 2.05) is 13.8 Å². The fraction of sp³-hybridized carbons (Fsp3) is 0.714. The lowest BCUT2D eigenvalue weighted by atomic mass is 10.1. The summed E-state index contributed by atoms with van der Waals surface area (Å²) in [6, 6.07) is 0. The van der Waals surface area contributed by atoms with Crippen LogP contribution in [0.4, 0.5) is 0 Å². The summed E-state index contributed by atoms with van der Waals surface area (Å²) >= 11 is 1.49. The van der Waals surface area contributed by atoms with Crippen LogP contribution in [0.2, 0.25) is 0 Å². The molecule has 0 saturated carbocycles. The zero-order valence-corrected chi connectivity index (χ0v) is 7.51. The molecular formula is C7H12N2OS. The number of rotatable bonds is 3. The number of hydrogen-bond donors (Lipinski definition) is 1. The Kier molecular flexibility index (Phi) is 2.96. The molecule has 0 radical (unpaired) electrons. The Labute approximate surface area is 70.1 Å². The monoisotopic (exact) mass is 172 g/mol. The lowest BCUT2D eigenvalue weighted by molar-refractivity contribution is 0.125. The molecule has 0 aliphatic heterocycles. The van der Waals surface area contributed by atoms with Crippen LogP contribution in [0.1, 0.15) is 18.9 Å². The average Bonchev–Trinajstić information content (AvgIpc) is 2.39. The van der Waals surface area contributed by atoms with Crippen molar-refractivity contribution in [3.05, 3.63) is 10.5 Å². The third-order valence-electron chi connectivity index (χ3n) is 1.56. The van der Waals surface area contributed by atoms with E-state index in [1.54, 1.807) is 5.51 Å². The number of hydrogen-bond acceptors (Lipinski definition) is 4. The summed E-state index contributed by atoms with van der Waals surface area (Å²) in [5, 5.41) is 17.9. The van der Waals surface area contributed by atoms with Crippen molar-refractivity contribution in [1.29, 1.82) is 0 Å². The molecule has 4 heteroatoms. The highest BCUT2D eigenvalue weighted by Crippen LogP contribution is 2.10. The van der Waals surface area contributed by atoms with E-state index < -0.39 is 0 Å². The zero-order chi connectivity index (χ0) is 8.27. The van der Waals surface area contributed by atoms with E-state index in [4.69, 9.17) is 0 Å². The minimum absolute atomic E-state index is 0.289. The van der Waals surface area contributed by atoms with Gasteiger partial charge in [0.2, 0.25) is 0 Å². The predicted octanol–water partition coefficient (Wildman–Crippen LogP) is 1.10. The van der Waals surface area contributed by atoms with Crippen molar-refractivity contribution in [2.75, 3.05) is 0 Å². The van der Waals surface area contributed by atoms with Gasteiger partial charge in [0, 0.05) is 6.42 Å². The van der Waals surface area contributed by atoms with E-state index in [2.05, 4.69) is 10.2 Å². The van der Waals surface area contributed by atoms with Crippen molar-refractivity contribution in [2.24, 2.45) is 5.92 Å². The first-order chi connectivity index (χ1) is 5.20. The molecule has 1 heterocycles. The lowest BCUT2D eigenvalue weighted by Crippen LogP contribution is -2.17. The maximum atomic E-state index is 9.44. The van der Waals surface area contributed by atoms with Gasteiger partial charge in [0.25, 0.3) is 0 Å². The molecule has 0 saturated heterocycles. The Morgan fingerprint density at radius 1 is 1.64 bits per heavy atom. The smallest absolute Gasteiger partial charge is 0.119 e. The van der Waals surface area contributed by atoms with Crippen LogP contribution in [-0.4, -0.2) is 21.4 Å². The molecule has 1 unspecified atom stereocenters. The minimum Gasteiger partial charge on any atom is -0.392 e. The highest BCUT2D eigenvalue weighted by atomic mass is 32.1. The number of aliphatic hydroxyl groups is 1. The maximum absolute atomic E-state index is 9.44. The molecule has 1 rings (SSSR count). The van der Waals surface area contributed by atoms with E-state index in [-0.39, 0.29) is 6.10 Å². The van der Waals surface area contributed by atoms with Crippen molar-refractivity contribution in [1.82, 2.24) is 10.2 Å². The van der Waals surface area contributed by atoms with Crippen LogP contribution in [0.25, 0.3) is 0 Å². The second kappa shape index (κ2) is 3.78. The highest BCUT2D eigenvalue weighted by molar-refractivity contribution is 7.09. The van der Waals surface area contributed by atoms with Gasteiger partial charge in [0.15, 0.2) is 0 Å². The summed E-state index contributed by atoms with van der Waals surface area (Å²) in [7, 11) is 0. The maximum Gasteiger partial charge on any atom is 0.119 e. The summed E-state index contributed by atoms with van der Waals surface area (Å²) in [5.41, 5.74) is 1.68. The molecule has 0 aliphatic carbocycles. The second-order valence-electron chi connectivity index (χ2n) is 2.85. The molecule has 0 aromatic carbocycles. The fourth-order valence-electron chi connectivity index (χ4n) is 0.699. The Hall–Kier alpha value is -0.480. The second-order valence-corrected chi connectivity index (χ2v) is 3.77. The molecule has 1 atom stereocenters. The van der Waals surface area contributed by atoms with Crippen LogP contribution in [0.3, 0.4) is 0 Å². The summed E-state index contributed by atoms with van der Waals surface area (Å²) < 4.78 is 0. The average molecular weight is 172 g/mol. The summed E-state index contributed by atoms with van der Waals surface area (Å²) in [6.45, 7) is 3.98. The Morgan fingerprint density at radius 2 is 2.36 bits per heavy atom. The van der Waals surface area contributed by atoms with E-state index in [1.165, 1.54) is 11.3 Å². The highest BCUT2D eigenvalue weighted by Gasteiger charge is 2.11. The van der Waals surface area contributed by atoms with Gasteiger partial charge in [-0.3, -0.25) is 0 Å². The largest absolute Gasteiger partial charge is 0.392 e. The molecule has 0 spiro atoms. The SMILES string of the molecule is CC(C)C(O)Cc1nncs1. The Morgan fingerprint density at radius 3 is 2.82 bits per heavy atom. The van der Waals surface area contributed by atoms with Crippen LogP contribution in [-0.2, 0) is 6.42 Å². The molecule has 11 heavy (non-hydrogen) atoms.